The number of fused-ring (bicyclic) bond motifs is 1. The van der Waals surface area contributed by atoms with Crippen molar-refractivity contribution in [1.29, 1.82) is 0 Å². The molecule has 0 N–H and O–H groups in total. The summed E-state index contributed by atoms with van der Waals surface area (Å²) in [5.74, 6) is -2.56. The van der Waals surface area contributed by atoms with Gasteiger partial charge in [-0.2, -0.15) is 0 Å². The number of esters is 1. The second-order valence-corrected chi connectivity index (χ2v) is 7.07. The minimum atomic E-state index is -2.64. The van der Waals surface area contributed by atoms with Crippen LogP contribution in [-0.4, -0.2) is 37.1 Å². The van der Waals surface area contributed by atoms with E-state index in [-0.39, 0.29) is 19.4 Å². The van der Waals surface area contributed by atoms with E-state index in [2.05, 4.69) is 0 Å². The van der Waals surface area contributed by atoms with Gasteiger partial charge in [-0.25, -0.2) is 18.6 Å². The number of aromatic nitrogens is 1. The molecule has 1 aromatic heterocycles. The molecule has 1 fully saturated rings. The maximum atomic E-state index is 13.7. The van der Waals surface area contributed by atoms with Crippen LogP contribution in [0.2, 0.25) is 0 Å². The molecule has 2 heterocycles. The van der Waals surface area contributed by atoms with E-state index in [1.165, 1.54) is 20.0 Å². The van der Waals surface area contributed by atoms with Gasteiger partial charge in [0.1, 0.15) is 11.4 Å². The number of rotatable bonds is 2. The van der Waals surface area contributed by atoms with Crippen LogP contribution in [0, 0.1) is 0 Å². The Kier molecular flexibility index (Phi) is 5.54. The van der Waals surface area contributed by atoms with Gasteiger partial charge in [0.15, 0.2) is 0 Å². The lowest BCUT2D eigenvalue weighted by Crippen LogP contribution is -2.29. The summed E-state index contributed by atoms with van der Waals surface area (Å²) < 4.78 is 32.4. The van der Waals surface area contributed by atoms with E-state index in [1.807, 2.05) is 11.0 Å². The Morgan fingerprint density at radius 1 is 1.12 bits per heavy atom. The molecule has 1 aliphatic carbocycles. The molecule has 0 atom stereocenters. The number of hydrogen-bond donors (Lipinski definition) is 0. The Balaban J connectivity index is 1.98. The van der Waals surface area contributed by atoms with Crippen LogP contribution in [0.5, 0.6) is 0 Å². The molecule has 1 saturated heterocycles. The minimum absolute atomic E-state index is 0.109. The molecule has 0 saturated carbocycles. The molecule has 1 aromatic rings. The second-order valence-electron chi connectivity index (χ2n) is 7.07. The molecular weight excluding hydrogens is 326 g/mol. The molecule has 2 aliphatic rings. The van der Waals surface area contributed by atoms with E-state index in [0.717, 1.165) is 36.9 Å². The van der Waals surface area contributed by atoms with Crippen LogP contribution < -0.4 is 4.90 Å². The maximum Gasteiger partial charge on any atom is 0.341 e. The SMILES string of the molecule is COC(=O)c1cc2c(nc1N1CCCC(F)(F)CC1)CCCCCC2. The number of carbonyl (C=O) groups is 1. The van der Waals surface area contributed by atoms with Gasteiger partial charge in [0, 0.05) is 31.6 Å². The number of methoxy groups -OCH3 is 1. The smallest absolute Gasteiger partial charge is 0.341 e. The Bertz CT molecular complexity index is 634. The lowest BCUT2D eigenvalue weighted by Gasteiger charge is -2.26. The molecule has 25 heavy (non-hydrogen) atoms. The molecule has 0 spiro atoms. The molecule has 0 unspecified atom stereocenters. The number of anilines is 1. The molecule has 0 bridgehead atoms. The van der Waals surface area contributed by atoms with E-state index in [9.17, 15) is 13.6 Å². The molecule has 4 nitrogen and oxygen atoms in total. The molecule has 1 aliphatic heterocycles. The maximum absolute atomic E-state index is 13.7. The van der Waals surface area contributed by atoms with E-state index in [1.54, 1.807) is 0 Å². The third-order valence-corrected chi connectivity index (χ3v) is 5.20. The minimum Gasteiger partial charge on any atom is -0.465 e. The highest BCUT2D eigenvalue weighted by molar-refractivity contribution is 5.95. The fourth-order valence-electron chi connectivity index (χ4n) is 3.75. The van der Waals surface area contributed by atoms with Gasteiger partial charge in [-0.3, -0.25) is 0 Å². The second kappa shape index (κ2) is 7.67. The van der Waals surface area contributed by atoms with Crippen molar-refractivity contribution in [2.45, 2.75) is 63.7 Å². The first-order chi connectivity index (χ1) is 12.0. The van der Waals surface area contributed by atoms with Crippen molar-refractivity contribution in [3.05, 3.63) is 22.9 Å². The van der Waals surface area contributed by atoms with Gasteiger partial charge in [-0.1, -0.05) is 12.8 Å². The van der Waals surface area contributed by atoms with E-state index < -0.39 is 11.9 Å². The number of pyridine rings is 1. The fraction of sp³-hybridized carbons (Fsp3) is 0.684. The van der Waals surface area contributed by atoms with Gasteiger partial charge >= 0.3 is 5.97 Å². The monoisotopic (exact) mass is 352 g/mol. The van der Waals surface area contributed by atoms with Crippen LogP contribution in [0.3, 0.4) is 0 Å². The normalized spacial score (nSPS) is 20.8. The first-order valence-corrected chi connectivity index (χ1v) is 9.24. The Morgan fingerprint density at radius 3 is 2.64 bits per heavy atom. The molecule has 3 rings (SSSR count). The summed E-state index contributed by atoms with van der Waals surface area (Å²) in [6.07, 6.45) is 6.42. The Labute approximate surface area is 147 Å². The molecular formula is C19H26F2N2O2. The van der Waals surface area contributed by atoms with Gasteiger partial charge in [0.25, 0.3) is 0 Å². The van der Waals surface area contributed by atoms with E-state index in [0.29, 0.717) is 24.3 Å². The van der Waals surface area contributed by atoms with Crippen molar-refractivity contribution < 1.29 is 18.3 Å². The van der Waals surface area contributed by atoms with Crippen LogP contribution in [0.15, 0.2) is 6.07 Å². The van der Waals surface area contributed by atoms with Crippen LogP contribution in [0.25, 0.3) is 0 Å². The molecule has 6 heteroatoms. The van der Waals surface area contributed by atoms with Gasteiger partial charge in [-0.05, 0) is 43.7 Å². The van der Waals surface area contributed by atoms with Crippen molar-refractivity contribution in [3.8, 4) is 0 Å². The summed E-state index contributed by atoms with van der Waals surface area (Å²) in [6, 6.07) is 1.89. The fourth-order valence-corrected chi connectivity index (χ4v) is 3.75. The summed E-state index contributed by atoms with van der Waals surface area (Å²) in [5.41, 5.74) is 2.52. The topological polar surface area (TPSA) is 42.4 Å². The molecule has 138 valence electrons. The zero-order valence-electron chi connectivity index (χ0n) is 14.8. The van der Waals surface area contributed by atoms with Crippen LogP contribution in [-0.2, 0) is 17.6 Å². The highest BCUT2D eigenvalue weighted by Crippen LogP contribution is 2.32. The Morgan fingerprint density at radius 2 is 1.88 bits per heavy atom. The van der Waals surface area contributed by atoms with E-state index >= 15 is 0 Å². The van der Waals surface area contributed by atoms with Crippen molar-refractivity contribution in [1.82, 2.24) is 4.98 Å². The number of ether oxygens (including phenoxy) is 1. The predicted molar refractivity (Wildman–Crippen MR) is 92.5 cm³/mol. The van der Waals surface area contributed by atoms with Crippen molar-refractivity contribution >= 4 is 11.8 Å². The molecule has 0 aromatic carbocycles. The largest absolute Gasteiger partial charge is 0.465 e. The zero-order chi connectivity index (χ0) is 17.9. The first-order valence-electron chi connectivity index (χ1n) is 9.24. The number of alkyl halides is 2. The third kappa shape index (κ3) is 4.28. The molecule has 0 radical (unpaired) electrons. The summed E-state index contributed by atoms with van der Waals surface area (Å²) in [4.78, 5) is 18.9. The van der Waals surface area contributed by atoms with Crippen LogP contribution in [0.4, 0.5) is 14.6 Å². The number of hydrogen-bond acceptors (Lipinski definition) is 4. The number of nitrogens with zero attached hydrogens (tertiary/aromatic N) is 2. The van der Waals surface area contributed by atoms with Crippen molar-refractivity contribution in [2.75, 3.05) is 25.1 Å². The predicted octanol–water partition coefficient (Wildman–Crippen LogP) is 4.15. The lowest BCUT2D eigenvalue weighted by atomic mass is 9.95. The van der Waals surface area contributed by atoms with E-state index in [4.69, 9.17) is 9.72 Å². The summed E-state index contributed by atoms with van der Waals surface area (Å²) >= 11 is 0. The van der Waals surface area contributed by atoms with Gasteiger partial charge in [-0.15, -0.1) is 0 Å². The quantitative estimate of drug-likeness (QED) is 0.750. The Hall–Kier alpha value is -1.72. The van der Waals surface area contributed by atoms with Gasteiger partial charge in [0.05, 0.1) is 7.11 Å². The number of aryl methyl sites for hydroxylation is 2. The van der Waals surface area contributed by atoms with Crippen molar-refractivity contribution in [2.24, 2.45) is 0 Å². The lowest BCUT2D eigenvalue weighted by molar-refractivity contribution is -0.0102. The zero-order valence-corrected chi connectivity index (χ0v) is 14.8. The van der Waals surface area contributed by atoms with Gasteiger partial charge < -0.3 is 9.64 Å². The molecule has 0 amide bonds. The standard InChI is InChI=1S/C19H26F2N2O2/c1-25-18(24)15-13-14-7-4-2-3-5-8-16(14)22-17(15)23-11-6-9-19(20,21)10-12-23/h13H,2-12H2,1H3. The highest BCUT2D eigenvalue weighted by atomic mass is 19.3. The summed E-state index contributed by atoms with van der Waals surface area (Å²) in [7, 11) is 1.35. The number of halogens is 2. The van der Waals surface area contributed by atoms with Crippen molar-refractivity contribution in [3.63, 3.8) is 0 Å². The van der Waals surface area contributed by atoms with Gasteiger partial charge in [0.2, 0.25) is 5.92 Å². The summed E-state index contributed by atoms with van der Waals surface area (Å²) in [6.45, 7) is 0.703. The van der Waals surface area contributed by atoms with Crippen LogP contribution >= 0.6 is 0 Å². The number of carbonyl (C=O) groups excluding carboxylic acids is 1. The first kappa shape index (κ1) is 18.1. The average Bonchev–Trinajstić information content (AvgIpc) is 2.75. The van der Waals surface area contributed by atoms with Crippen LogP contribution in [0.1, 0.15) is 66.6 Å². The average molecular weight is 352 g/mol. The third-order valence-electron chi connectivity index (χ3n) is 5.20. The highest BCUT2D eigenvalue weighted by Gasteiger charge is 2.33. The summed E-state index contributed by atoms with van der Waals surface area (Å²) in [5, 5.41) is 0.